The maximum atomic E-state index is 12.8. The summed E-state index contributed by atoms with van der Waals surface area (Å²) >= 11 is 0. The maximum Gasteiger partial charge on any atom is 0.282 e. The lowest BCUT2D eigenvalue weighted by Crippen LogP contribution is -2.47. The SMILES string of the molecule is CCC1(CC)CCN(S(=O)(=O)N2CCCC2COC)C1. The van der Waals surface area contributed by atoms with E-state index in [1.807, 2.05) is 0 Å². The second kappa shape index (κ2) is 6.30. The minimum atomic E-state index is -3.31. The third-order valence-corrected chi connectivity index (χ3v) is 7.25. The van der Waals surface area contributed by atoms with Gasteiger partial charge in [0.1, 0.15) is 0 Å². The van der Waals surface area contributed by atoms with Gasteiger partial charge in [0.2, 0.25) is 0 Å². The summed E-state index contributed by atoms with van der Waals surface area (Å²) in [5, 5.41) is 0. The Balaban J connectivity index is 2.11. The number of hydrogen-bond acceptors (Lipinski definition) is 3. The Hall–Kier alpha value is -0.170. The topological polar surface area (TPSA) is 49.9 Å². The zero-order chi connectivity index (χ0) is 14.8. The number of ether oxygens (including phenoxy) is 1. The summed E-state index contributed by atoms with van der Waals surface area (Å²) < 4.78 is 34.2. The molecule has 118 valence electrons. The summed E-state index contributed by atoms with van der Waals surface area (Å²) in [6, 6.07) is 0.0169. The molecule has 2 rings (SSSR count). The van der Waals surface area contributed by atoms with E-state index in [1.54, 1.807) is 15.7 Å². The van der Waals surface area contributed by atoms with Gasteiger partial charge in [0.25, 0.3) is 10.2 Å². The third-order valence-electron chi connectivity index (χ3n) is 5.21. The Labute approximate surface area is 123 Å². The van der Waals surface area contributed by atoms with Crippen molar-refractivity contribution in [2.75, 3.05) is 33.4 Å². The van der Waals surface area contributed by atoms with Gasteiger partial charge in [-0.25, -0.2) is 0 Å². The number of methoxy groups -OCH3 is 1. The second-order valence-electron chi connectivity index (χ2n) is 6.16. The first-order valence-electron chi connectivity index (χ1n) is 7.75. The van der Waals surface area contributed by atoms with E-state index >= 15 is 0 Å². The molecule has 2 aliphatic rings. The van der Waals surface area contributed by atoms with Gasteiger partial charge in [-0.2, -0.15) is 17.0 Å². The number of nitrogens with zero attached hydrogens (tertiary/aromatic N) is 2. The molecule has 1 atom stereocenters. The fraction of sp³-hybridized carbons (Fsp3) is 1.00. The van der Waals surface area contributed by atoms with Gasteiger partial charge in [-0.15, -0.1) is 0 Å². The number of rotatable bonds is 6. The first kappa shape index (κ1) is 16.2. The molecule has 0 aromatic rings. The Morgan fingerprint density at radius 3 is 2.50 bits per heavy atom. The van der Waals surface area contributed by atoms with Gasteiger partial charge in [-0.1, -0.05) is 13.8 Å². The van der Waals surface area contributed by atoms with Crippen LogP contribution < -0.4 is 0 Å². The highest BCUT2D eigenvalue weighted by Crippen LogP contribution is 2.39. The molecule has 0 spiro atoms. The molecule has 2 aliphatic heterocycles. The van der Waals surface area contributed by atoms with Crippen molar-refractivity contribution in [1.82, 2.24) is 8.61 Å². The van der Waals surface area contributed by atoms with Crippen molar-refractivity contribution in [3.8, 4) is 0 Å². The van der Waals surface area contributed by atoms with E-state index in [0.29, 0.717) is 26.2 Å². The lowest BCUT2D eigenvalue weighted by molar-refractivity contribution is 0.146. The molecule has 5 nitrogen and oxygen atoms in total. The van der Waals surface area contributed by atoms with Gasteiger partial charge < -0.3 is 4.74 Å². The molecule has 0 amide bonds. The van der Waals surface area contributed by atoms with E-state index in [9.17, 15) is 8.42 Å². The molecule has 2 heterocycles. The van der Waals surface area contributed by atoms with E-state index in [-0.39, 0.29) is 11.5 Å². The molecular formula is C14H28N2O3S. The molecule has 0 aliphatic carbocycles. The summed E-state index contributed by atoms with van der Waals surface area (Å²) in [5.74, 6) is 0. The summed E-state index contributed by atoms with van der Waals surface area (Å²) in [5.41, 5.74) is 0.184. The first-order chi connectivity index (χ1) is 9.49. The fourth-order valence-corrected chi connectivity index (χ4v) is 5.50. The van der Waals surface area contributed by atoms with Crippen molar-refractivity contribution in [1.29, 1.82) is 0 Å². The van der Waals surface area contributed by atoms with Crippen LogP contribution in [0.25, 0.3) is 0 Å². The predicted octanol–water partition coefficient (Wildman–Crippen LogP) is 1.85. The van der Waals surface area contributed by atoms with Crippen LogP contribution in [0.3, 0.4) is 0 Å². The highest BCUT2D eigenvalue weighted by Gasteiger charge is 2.44. The van der Waals surface area contributed by atoms with Crippen LogP contribution in [0, 0.1) is 5.41 Å². The molecule has 6 heteroatoms. The standard InChI is InChI=1S/C14H28N2O3S/c1-4-14(5-2)8-10-15(12-14)20(17,18)16-9-6-7-13(16)11-19-3/h13H,4-12H2,1-3H3. The van der Waals surface area contributed by atoms with Crippen LogP contribution in [0.1, 0.15) is 46.0 Å². The lowest BCUT2D eigenvalue weighted by Gasteiger charge is -2.30. The van der Waals surface area contributed by atoms with Crippen molar-refractivity contribution >= 4 is 10.2 Å². The van der Waals surface area contributed by atoms with Gasteiger partial charge in [0.15, 0.2) is 0 Å². The monoisotopic (exact) mass is 304 g/mol. The van der Waals surface area contributed by atoms with Crippen molar-refractivity contribution < 1.29 is 13.2 Å². The van der Waals surface area contributed by atoms with E-state index in [1.165, 1.54) is 0 Å². The van der Waals surface area contributed by atoms with Crippen molar-refractivity contribution in [3.05, 3.63) is 0 Å². The van der Waals surface area contributed by atoms with Crippen LogP contribution in [-0.2, 0) is 14.9 Å². The highest BCUT2D eigenvalue weighted by molar-refractivity contribution is 7.86. The normalized spacial score (nSPS) is 28.2. The summed E-state index contributed by atoms with van der Waals surface area (Å²) in [6.45, 7) is 6.82. The molecule has 1 unspecified atom stereocenters. The summed E-state index contributed by atoms with van der Waals surface area (Å²) in [7, 11) is -1.68. The molecular weight excluding hydrogens is 276 g/mol. The molecule has 2 saturated heterocycles. The van der Waals surface area contributed by atoms with Crippen molar-refractivity contribution in [3.63, 3.8) is 0 Å². The van der Waals surface area contributed by atoms with E-state index < -0.39 is 10.2 Å². The zero-order valence-electron chi connectivity index (χ0n) is 13.0. The van der Waals surface area contributed by atoms with Crippen molar-refractivity contribution in [2.24, 2.45) is 5.41 Å². The molecule has 0 N–H and O–H groups in total. The van der Waals surface area contributed by atoms with E-state index in [2.05, 4.69) is 13.8 Å². The summed E-state index contributed by atoms with van der Waals surface area (Å²) in [6.07, 6.45) is 4.94. The highest BCUT2D eigenvalue weighted by atomic mass is 32.2. The van der Waals surface area contributed by atoms with Crippen LogP contribution in [0.5, 0.6) is 0 Å². The van der Waals surface area contributed by atoms with E-state index in [0.717, 1.165) is 32.1 Å². The molecule has 20 heavy (non-hydrogen) atoms. The van der Waals surface area contributed by atoms with Gasteiger partial charge in [0.05, 0.1) is 6.61 Å². The van der Waals surface area contributed by atoms with Crippen LogP contribution in [0.4, 0.5) is 0 Å². The molecule has 0 radical (unpaired) electrons. The molecule has 0 aromatic heterocycles. The average Bonchev–Trinajstić information content (AvgIpc) is 3.06. The van der Waals surface area contributed by atoms with Crippen LogP contribution in [0.15, 0.2) is 0 Å². The molecule has 2 fully saturated rings. The Bertz CT molecular complexity index is 420. The molecule has 0 saturated carbocycles. The smallest absolute Gasteiger partial charge is 0.282 e. The van der Waals surface area contributed by atoms with Gasteiger partial charge in [0, 0.05) is 32.8 Å². The van der Waals surface area contributed by atoms with Gasteiger partial charge in [-0.3, -0.25) is 0 Å². The lowest BCUT2D eigenvalue weighted by atomic mass is 9.82. The largest absolute Gasteiger partial charge is 0.383 e. The quantitative estimate of drug-likeness (QED) is 0.752. The van der Waals surface area contributed by atoms with Crippen LogP contribution in [0.2, 0.25) is 0 Å². The minimum Gasteiger partial charge on any atom is -0.383 e. The van der Waals surface area contributed by atoms with Gasteiger partial charge >= 0.3 is 0 Å². The van der Waals surface area contributed by atoms with Crippen molar-refractivity contribution in [2.45, 2.75) is 52.0 Å². The van der Waals surface area contributed by atoms with E-state index in [4.69, 9.17) is 4.74 Å². The second-order valence-corrected chi connectivity index (χ2v) is 8.04. The predicted molar refractivity (Wildman–Crippen MR) is 79.7 cm³/mol. The Kier molecular flexibility index (Phi) is 5.10. The third kappa shape index (κ3) is 2.89. The Morgan fingerprint density at radius 1 is 1.25 bits per heavy atom. The average molecular weight is 304 g/mol. The zero-order valence-corrected chi connectivity index (χ0v) is 13.8. The molecule has 0 aromatic carbocycles. The van der Waals surface area contributed by atoms with Gasteiger partial charge in [-0.05, 0) is 37.5 Å². The maximum absolute atomic E-state index is 12.8. The Morgan fingerprint density at radius 2 is 1.95 bits per heavy atom. The minimum absolute atomic E-state index is 0.0169. The van der Waals surface area contributed by atoms with Crippen LogP contribution >= 0.6 is 0 Å². The fourth-order valence-electron chi connectivity index (χ4n) is 3.54. The number of hydrogen-bond donors (Lipinski definition) is 0. The summed E-state index contributed by atoms with van der Waals surface area (Å²) in [4.78, 5) is 0. The first-order valence-corrected chi connectivity index (χ1v) is 9.14. The van der Waals surface area contributed by atoms with Crippen LogP contribution in [-0.4, -0.2) is 56.4 Å². The molecule has 0 bridgehead atoms.